The molecule has 1 aromatic carbocycles. The van der Waals surface area contributed by atoms with Crippen molar-refractivity contribution in [3.8, 4) is 0 Å². The van der Waals surface area contributed by atoms with Gasteiger partial charge in [-0.25, -0.2) is 4.79 Å². The van der Waals surface area contributed by atoms with Crippen LogP contribution in [0.5, 0.6) is 0 Å². The molecule has 0 saturated heterocycles. The molecule has 152 valence electrons. The van der Waals surface area contributed by atoms with E-state index in [0.717, 1.165) is 0 Å². The minimum Gasteiger partial charge on any atom is -0.465 e. The lowest BCUT2D eigenvalue weighted by Crippen LogP contribution is -2.23. The molecule has 0 aliphatic rings. The van der Waals surface area contributed by atoms with Crippen molar-refractivity contribution in [3.63, 3.8) is 0 Å². The van der Waals surface area contributed by atoms with Crippen molar-refractivity contribution in [2.75, 3.05) is 13.7 Å². The molecule has 0 bridgehead atoms. The topological polar surface area (TPSA) is 105 Å². The second kappa shape index (κ2) is 8.82. The zero-order valence-electron chi connectivity index (χ0n) is 16.2. The van der Waals surface area contributed by atoms with Crippen molar-refractivity contribution in [2.45, 2.75) is 26.9 Å². The van der Waals surface area contributed by atoms with Crippen LogP contribution in [0.2, 0.25) is 0 Å². The van der Waals surface area contributed by atoms with Crippen LogP contribution in [0.3, 0.4) is 0 Å². The molecule has 0 N–H and O–H groups in total. The van der Waals surface area contributed by atoms with Gasteiger partial charge in [-0.2, -0.15) is 10.1 Å². The largest absolute Gasteiger partial charge is 0.465 e. The third-order valence-corrected chi connectivity index (χ3v) is 5.17. The fourth-order valence-corrected chi connectivity index (χ4v) is 3.87. The lowest BCUT2D eigenvalue weighted by Gasteiger charge is -2.06. The molecule has 0 saturated carbocycles. The van der Waals surface area contributed by atoms with Gasteiger partial charge in [0.05, 0.1) is 29.5 Å². The Labute approximate surface area is 170 Å². The van der Waals surface area contributed by atoms with Gasteiger partial charge in [0.25, 0.3) is 5.91 Å². The second-order valence-corrected chi connectivity index (χ2v) is 6.91. The number of ether oxygens (including phenoxy) is 2. The SMILES string of the molecule is CCOC(=O)Cn1c(=NC(=O)c2ccnn2CC)sc2cc(C(=O)OC)ccc21. The number of hydrogen-bond acceptors (Lipinski definition) is 7. The van der Waals surface area contributed by atoms with Crippen molar-refractivity contribution < 1.29 is 23.9 Å². The van der Waals surface area contributed by atoms with Crippen LogP contribution >= 0.6 is 11.3 Å². The highest BCUT2D eigenvalue weighted by atomic mass is 32.1. The Kier molecular flexibility index (Phi) is 6.23. The average Bonchev–Trinajstić information content (AvgIpc) is 3.32. The summed E-state index contributed by atoms with van der Waals surface area (Å²) in [4.78, 5) is 41.1. The summed E-state index contributed by atoms with van der Waals surface area (Å²) in [5, 5.41) is 4.08. The maximum absolute atomic E-state index is 12.7. The van der Waals surface area contributed by atoms with E-state index in [2.05, 4.69) is 10.1 Å². The molecule has 1 amide bonds. The Morgan fingerprint density at radius 2 is 2.00 bits per heavy atom. The monoisotopic (exact) mass is 416 g/mol. The number of carbonyl (C=O) groups excluding carboxylic acids is 3. The van der Waals surface area contributed by atoms with Gasteiger partial charge in [-0.15, -0.1) is 0 Å². The van der Waals surface area contributed by atoms with E-state index in [1.165, 1.54) is 24.6 Å². The molecule has 0 spiro atoms. The lowest BCUT2D eigenvalue weighted by molar-refractivity contribution is -0.143. The van der Waals surface area contributed by atoms with Crippen LogP contribution in [0.1, 0.15) is 34.7 Å². The van der Waals surface area contributed by atoms with Crippen molar-refractivity contribution in [3.05, 3.63) is 46.5 Å². The van der Waals surface area contributed by atoms with Crippen LogP contribution in [0.15, 0.2) is 35.5 Å². The van der Waals surface area contributed by atoms with Gasteiger partial charge >= 0.3 is 11.9 Å². The predicted molar refractivity (Wildman–Crippen MR) is 106 cm³/mol. The number of nitrogens with zero attached hydrogens (tertiary/aromatic N) is 4. The van der Waals surface area contributed by atoms with Crippen LogP contribution in [-0.2, 0) is 27.4 Å². The molecule has 3 aromatic rings. The summed E-state index contributed by atoms with van der Waals surface area (Å²) in [6, 6.07) is 6.53. The van der Waals surface area contributed by atoms with Crippen molar-refractivity contribution >= 4 is 39.4 Å². The summed E-state index contributed by atoms with van der Waals surface area (Å²) < 4.78 is 13.6. The first-order valence-corrected chi connectivity index (χ1v) is 9.78. The number of amides is 1. The Bertz CT molecular complexity index is 1140. The molecule has 0 unspecified atom stereocenters. The highest BCUT2D eigenvalue weighted by Gasteiger charge is 2.16. The van der Waals surface area contributed by atoms with E-state index in [1.807, 2.05) is 6.92 Å². The van der Waals surface area contributed by atoms with E-state index in [-0.39, 0.29) is 13.2 Å². The number of benzene rings is 1. The molecule has 0 aliphatic heterocycles. The zero-order chi connectivity index (χ0) is 21.0. The summed E-state index contributed by atoms with van der Waals surface area (Å²) in [5.41, 5.74) is 1.38. The van der Waals surface area contributed by atoms with Gasteiger partial charge in [-0.3, -0.25) is 14.3 Å². The smallest absolute Gasteiger partial charge is 0.337 e. The van der Waals surface area contributed by atoms with Gasteiger partial charge in [-0.05, 0) is 38.1 Å². The number of esters is 2. The lowest BCUT2D eigenvalue weighted by atomic mass is 10.2. The first-order chi connectivity index (χ1) is 14.0. The van der Waals surface area contributed by atoms with Gasteiger partial charge in [0, 0.05) is 12.7 Å². The van der Waals surface area contributed by atoms with E-state index in [9.17, 15) is 14.4 Å². The fraction of sp³-hybridized carbons (Fsp3) is 0.316. The molecule has 0 radical (unpaired) electrons. The van der Waals surface area contributed by atoms with Crippen LogP contribution in [0, 0.1) is 0 Å². The van der Waals surface area contributed by atoms with Crippen molar-refractivity contribution in [1.29, 1.82) is 0 Å². The van der Waals surface area contributed by atoms with E-state index in [4.69, 9.17) is 9.47 Å². The van der Waals surface area contributed by atoms with Crippen LogP contribution in [0.25, 0.3) is 10.2 Å². The summed E-state index contributed by atoms with van der Waals surface area (Å²) in [7, 11) is 1.30. The van der Waals surface area contributed by atoms with E-state index in [1.54, 1.807) is 40.4 Å². The molecule has 3 rings (SSSR count). The van der Waals surface area contributed by atoms with E-state index < -0.39 is 17.8 Å². The van der Waals surface area contributed by atoms with Crippen molar-refractivity contribution in [1.82, 2.24) is 14.3 Å². The fourth-order valence-electron chi connectivity index (χ4n) is 2.80. The van der Waals surface area contributed by atoms with Crippen molar-refractivity contribution in [2.24, 2.45) is 4.99 Å². The summed E-state index contributed by atoms with van der Waals surface area (Å²) in [6.45, 7) is 4.26. The molecular formula is C19H20N4O5S. The third-order valence-electron chi connectivity index (χ3n) is 4.13. The number of aryl methyl sites for hydroxylation is 1. The predicted octanol–water partition coefficient (Wildman–Crippen LogP) is 2.01. The Morgan fingerprint density at radius 3 is 2.69 bits per heavy atom. The molecule has 29 heavy (non-hydrogen) atoms. The second-order valence-electron chi connectivity index (χ2n) is 5.90. The maximum Gasteiger partial charge on any atom is 0.337 e. The van der Waals surface area contributed by atoms with Crippen LogP contribution in [0.4, 0.5) is 0 Å². The number of hydrogen-bond donors (Lipinski definition) is 0. The first kappa shape index (κ1) is 20.5. The van der Waals surface area contributed by atoms with E-state index >= 15 is 0 Å². The number of methoxy groups -OCH3 is 1. The number of rotatable bonds is 6. The Morgan fingerprint density at radius 1 is 1.21 bits per heavy atom. The quantitative estimate of drug-likeness (QED) is 0.569. The standard InChI is InChI=1S/C19H20N4O5S/c1-4-23-14(8-9-20-23)17(25)21-19-22(11-16(24)28-5-2)13-7-6-12(18(26)27-3)10-15(13)29-19/h6-10H,4-5,11H2,1-3H3. The van der Waals surface area contributed by atoms with Crippen LogP contribution in [-0.4, -0.2) is 45.9 Å². The number of fused-ring (bicyclic) bond motifs is 1. The number of carbonyl (C=O) groups is 3. The van der Waals surface area contributed by atoms with Crippen LogP contribution < -0.4 is 4.80 Å². The molecule has 0 atom stereocenters. The first-order valence-electron chi connectivity index (χ1n) is 8.96. The molecule has 9 nitrogen and oxygen atoms in total. The van der Waals surface area contributed by atoms with Gasteiger partial charge < -0.3 is 14.0 Å². The summed E-state index contributed by atoms with van der Waals surface area (Å²) >= 11 is 1.20. The number of aromatic nitrogens is 3. The molecule has 2 heterocycles. The maximum atomic E-state index is 12.7. The summed E-state index contributed by atoms with van der Waals surface area (Å²) in [6.07, 6.45) is 1.53. The molecule has 0 fully saturated rings. The minimum absolute atomic E-state index is 0.107. The highest BCUT2D eigenvalue weighted by molar-refractivity contribution is 7.16. The molecule has 10 heteroatoms. The zero-order valence-corrected chi connectivity index (χ0v) is 17.1. The van der Waals surface area contributed by atoms with Gasteiger partial charge in [-0.1, -0.05) is 11.3 Å². The Balaban J connectivity index is 2.13. The van der Waals surface area contributed by atoms with Gasteiger partial charge in [0.15, 0.2) is 4.80 Å². The molecular weight excluding hydrogens is 396 g/mol. The van der Waals surface area contributed by atoms with E-state index in [0.29, 0.717) is 32.8 Å². The average molecular weight is 416 g/mol. The highest BCUT2D eigenvalue weighted by Crippen LogP contribution is 2.20. The Hall–Kier alpha value is -3.27. The van der Waals surface area contributed by atoms with Gasteiger partial charge in [0.2, 0.25) is 0 Å². The third kappa shape index (κ3) is 4.27. The van der Waals surface area contributed by atoms with Gasteiger partial charge in [0.1, 0.15) is 12.2 Å². The normalized spacial score (nSPS) is 11.6. The number of thiazole rings is 1. The summed E-state index contributed by atoms with van der Waals surface area (Å²) in [5.74, 6) is -1.39. The molecule has 2 aromatic heterocycles. The molecule has 0 aliphatic carbocycles. The minimum atomic E-state index is -0.473.